The molecule has 2 aliphatic rings. The van der Waals surface area contributed by atoms with Crippen LogP contribution >= 0.6 is 46.5 Å². The van der Waals surface area contributed by atoms with Crippen LogP contribution in [0.15, 0.2) is 38.0 Å². The second-order valence-corrected chi connectivity index (χ2v) is 9.16. The first-order valence-electron chi connectivity index (χ1n) is 7.82. The molecular formula is C16H14ClN5OS3. The lowest BCUT2D eigenvalue weighted by Gasteiger charge is -2.15. The van der Waals surface area contributed by atoms with Crippen LogP contribution in [0.3, 0.4) is 0 Å². The normalized spacial score (nSPS) is 21.2. The minimum Gasteiger partial charge on any atom is -0.337 e. The summed E-state index contributed by atoms with van der Waals surface area (Å²) in [7, 11) is 1.95. The van der Waals surface area contributed by atoms with Crippen molar-refractivity contribution in [2.45, 2.75) is 18.7 Å². The molecule has 134 valence electrons. The molecule has 1 fully saturated rings. The monoisotopic (exact) mass is 423 g/mol. The number of carbonyl (C=O) groups is 1. The van der Waals surface area contributed by atoms with E-state index in [0.717, 1.165) is 20.6 Å². The minimum absolute atomic E-state index is 0.0364. The van der Waals surface area contributed by atoms with Crippen molar-refractivity contribution in [3.63, 3.8) is 0 Å². The number of aromatic nitrogens is 2. The van der Waals surface area contributed by atoms with Crippen molar-refractivity contribution in [2.24, 2.45) is 4.99 Å². The summed E-state index contributed by atoms with van der Waals surface area (Å²) in [4.78, 5) is 22.9. The van der Waals surface area contributed by atoms with Crippen LogP contribution in [0.2, 0.25) is 5.02 Å². The van der Waals surface area contributed by atoms with Gasteiger partial charge < -0.3 is 4.90 Å². The smallest absolute Gasteiger partial charge is 0.269 e. The number of benzene rings is 1. The van der Waals surface area contributed by atoms with Gasteiger partial charge in [0.25, 0.3) is 5.91 Å². The number of amides is 1. The van der Waals surface area contributed by atoms with E-state index in [4.69, 9.17) is 11.6 Å². The number of fused-ring (bicyclic) bond motifs is 1. The summed E-state index contributed by atoms with van der Waals surface area (Å²) in [5.74, 6) is -0.0364. The molecule has 0 aliphatic carbocycles. The molecule has 26 heavy (non-hydrogen) atoms. The van der Waals surface area contributed by atoms with Crippen LogP contribution < -0.4 is 4.90 Å². The number of rotatable bonds is 2. The van der Waals surface area contributed by atoms with Crippen molar-refractivity contribution in [3.8, 4) is 0 Å². The first kappa shape index (κ1) is 17.8. The van der Waals surface area contributed by atoms with E-state index in [0.29, 0.717) is 26.8 Å². The number of likely N-dealkylation sites (N-methyl/N-ethyl adjacent to an activating group) is 1. The van der Waals surface area contributed by atoms with Gasteiger partial charge in [-0.3, -0.25) is 9.69 Å². The Bertz CT molecular complexity index is 971. The van der Waals surface area contributed by atoms with Crippen molar-refractivity contribution in [1.82, 2.24) is 15.1 Å². The average molecular weight is 424 g/mol. The van der Waals surface area contributed by atoms with Crippen LogP contribution in [0.5, 0.6) is 0 Å². The second kappa shape index (κ2) is 6.88. The molecule has 0 N–H and O–H groups in total. The van der Waals surface area contributed by atoms with Gasteiger partial charge in [-0.15, -0.1) is 10.2 Å². The van der Waals surface area contributed by atoms with E-state index in [9.17, 15) is 4.79 Å². The second-order valence-electron chi connectivity index (χ2n) is 5.56. The predicted molar refractivity (Wildman–Crippen MR) is 109 cm³/mol. The van der Waals surface area contributed by atoms with Gasteiger partial charge in [0.2, 0.25) is 5.13 Å². The maximum atomic E-state index is 13.0. The fraction of sp³-hybridized carbons (Fsp3) is 0.250. The summed E-state index contributed by atoms with van der Waals surface area (Å²) in [6, 6.07) is 5.76. The van der Waals surface area contributed by atoms with Crippen molar-refractivity contribution >= 4 is 68.4 Å². The van der Waals surface area contributed by atoms with E-state index in [1.807, 2.05) is 44.0 Å². The van der Waals surface area contributed by atoms with Gasteiger partial charge in [-0.1, -0.05) is 34.7 Å². The molecule has 0 radical (unpaired) electrons. The Labute approximate surface area is 168 Å². The molecule has 1 amide bonds. The molecule has 1 aromatic carbocycles. The van der Waals surface area contributed by atoms with Gasteiger partial charge in [0.05, 0.1) is 10.7 Å². The largest absolute Gasteiger partial charge is 0.337 e. The summed E-state index contributed by atoms with van der Waals surface area (Å²) in [5.41, 5.74) is 1.01. The number of aliphatic imine (C=N–C) groups is 1. The molecule has 6 nitrogen and oxygen atoms in total. The van der Waals surface area contributed by atoms with Gasteiger partial charge in [0.1, 0.15) is 9.91 Å². The molecule has 0 unspecified atom stereocenters. The van der Waals surface area contributed by atoms with Gasteiger partial charge in [0.15, 0.2) is 5.17 Å². The van der Waals surface area contributed by atoms with Crippen molar-refractivity contribution in [1.29, 1.82) is 0 Å². The van der Waals surface area contributed by atoms with Crippen LogP contribution in [0, 0.1) is 6.92 Å². The summed E-state index contributed by atoms with van der Waals surface area (Å²) < 4.78 is 0. The molecule has 10 heteroatoms. The molecule has 0 bridgehead atoms. The maximum Gasteiger partial charge on any atom is 0.269 e. The number of aryl methyl sites for hydroxylation is 1. The fourth-order valence-corrected chi connectivity index (χ4v) is 5.78. The molecule has 0 atom stereocenters. The van der Waals surface area contributed by atoms with E-state index in [2.05, 4.69) is 15.2 Å². The van der Waals surface area contributed by atoms with Crippen LogP contribution in [0.25, 0.3) is 0 Å². The van der Waals surface area contributed by atoms with E-state index in [1.54, 1.807) is 16.7 Å². The minimum atomic E-state index is -0.0364. The molecule has 0 saturated carbocycles. The third-order valence-electron chi connectivity index (χ3n) is 3.87. The number of anilines is 1. The molecular weight excluding hydrogens is 410 g/mol. The lowest BCUT2D eigenvalue weighted by Crippen LogP contribution is -2.29. The summed E-state index contributed by atoms with van der Waals surface area (Å²) in [5, 5.41) is 11.6. The highest BCUT2D eigenvalue weighted by Gasteiger charge is 2.38. The summed E-state index contributed by atoms with van der Waals surface area (Å²) in [6.45, 7) is 4.37. The zero-order valence-corrected chi connectivity index (χ0v) is 17.4. The van der Waals surface area contributed by atoms with Crippen molar-refractivity contribution in [3.05, 3.63) is 38.2 Å². The van der Waals surface area contributed by atoms with E-state index in [1.165, 1.54) is 23.1 Å². The molecule has 1 saturated heterocycles. The Morgan fingerprint density at radius 1 is 1.27 bits per heavy atom. The SMILES string of the molecule is CCN1C(=O)/C(=C2/Sc3ccc(Cl)cc3N2C)S/C1=N/c1nnc(C)s1. The van der Waals surface area contributed by atoms with Gasteiger partial charge in [-0.2, -0.15) is 4.99 Å². The molecule has 0 spiro atoms. The standard InChI is InChI=1S/C16H14ClN5OS3/c1-4-22-13(23)12(26-16(22)18-15-20-19-8(2)24-15)14-21(3)10-7-9(17)5-6-11(10)25-14/h5-7H,4H2,1-3H3/b14-12-,18-16+. The number of hydrogen-bond acceptors (Lipinski definition) is 8. The highest BCUT2D eigenvalue weighted by Crippen LogP contribution is 2.50. The molecule has 3 heterocycles. The van der Waals surface area contributed by atoms with Crippen LogP contribution in [-0.4, -0.2) is 39.8 Å². The topological polar surface area (TPSA) is 61.7 Å². The number of amidine groups is 1. The number of carbonyl (C=O) groups excluding carboxylic acids is 1. The van der Waals surface area contributed by atoms with Crippen LogP contribution in [-0.2, 0) is 4.79 Å². The lowest BCUT2D eigenvalue weighted by atomic mass is 10.3. The molecule has 4 rings (SSSR count). The maximum absolute atomic E-state index is 13.0. The highest BCUT2D eigenvalue weighted by atomic mass is 35.5. The lowest BCUT2D eigenvalue weighted by molar-refractivity contribution is -0.122. The van der Waals surface area contributed by atoms with Crippen molar-refractivity contribution in [2.75, 3.05) is 18.5 Å². The first-order chi connectivity index (χ1) is 12.5. The third-order valence-corrected chi connectivity index (χ3v) is 7.27. The van der Waals surface area contributed by atoms with Gasteiger partial charge >= 0.3 is 0 Å². The Morgan fingerprint density at radius 3 is 2.77 bits per heavy atom. The average Bonchev–Trinajstić information content (AvgIpc) is 3.25. The number of hydrogen-bond donors (Lipinski definition) is 0. The summed E-state index contributed by atoms with van der Waals surface area (Å²) in [6.07, 6.45) is 0. The highest BCUT2D eigenvalue weighted by molar-refractivity contribution is 8.19. The zero-order chi connectivity index (χ0) is 18.4. The van der Waals surface area contributed by atoms with E-state index < -0.39 is 0 Å². The number of thioether (sulfide) groups is 2. The van der Waals surface area contributed by atoms with Crippen LogP contribution in [0.1, 0.15) is 11.9 Å². The number of nitrogens with zero attached hydrogens (tertiary/aromatic N) is 5. The van der Waals surface area contributed by atoms with E-state index in [-0.39, 0.29) is 5.91 Å². The zero-order valence-electron chi connectivity index (χ0n) is 14.2. The van der Waals surface area contributed by atoms with E-state index >= 15 is 0 Å². The Kier molecular flexibility index (Phi) is 4.72. The molecule has 2 aromatic rings. The Morgan fingerprint density at radius 2 is 2.08 bits per heavy atom. The molecule has 2 aliphatic heterocycles. The Balaban J connectivity index is 1.73. The van der Waals surface area contributed by atoms with Gasteiger partial charge in [-0.25, -0.2) is 0 Å². The predicted octanol–water partition coefficient (Wildman–Crippen LogP) is 4.49. The van der Waals surface area contributed by atoms with Gasteiger partial charge in [0, 0.05) is 23.5 Å². The fourth-order valence-electron chi connectivity index (χ4n) is 2.63. The van der Waals surface area contributed by atoms with Crippen LogP contribution in [0.4, 0.5) is 10.8 Å². The third kappa shape index (κ3) is 3.02. The Hall–Kier alpha value is -1.55. The number of halogens is 1. The first-order valence-corrected chi connectivity index (χ1v) is 10.6. The summed E-state index contributed by atoms with van der Waals surface area (Å²) >= 11 is 10.5. The quantitative estimate of drug-likeness (QED) is 0.663. The molecule has 1 aromatic heterocycles. The van der Waals surface area contributed by atoms with Crippen molar-refractivity contribution < 1.29 is 4.79 Å². The van der Waals surface area contributed by atoms with Gasteiger partial charge in [-0.05, 0) is 43.8 Å².